The van der Waals surface area contributed by atoms with Gasteiger partial charge < -0.3 is 4.98 Å². The van der Waals surface area contributed by atoms with Gasteiger partial charge in [0.05, 0.1) is 16.6 Å². The molecule has 160 valence electrons. The average molecular weight is 443 g/mol. The van der Waals surface area contributed by atoms with Crippen LogP contribution in [0.3, 0.4) is 0 Å². The van der Waals surface area contributed by atoms with Crippen molar-refractivity contribution in [2.45, 2.75) is 36.6 Å². The van der Waals surface area contributed by atoms with Crippen molar-refractivity contribution in [3.8, 4) is 17.1 Å². The van der Waals surface area contributed by atoms with Gasteiger partial charge in [-0.15, -0.1) is 11.8 Å². The fraction of sp³-hybridized carbons (Fsp3) is 0.217. The molecule has 0 radical (unpaired) electrons. The number of pyridine rings is 1. The largest absolute Gasteiger partial charge is 0.416 e. The molecule has 0 saturated carbocycles. The van der Waals surface area contributed by atoms with E-state index in [1.54, 1.807) is 24.0 Å². The summed E-state index contributed by atoms with van der Waals surface area (Å²) >= 11 is 1.75. The van der Waals surface area contributed by atoms with Gasteiger partial charge in [-0.25, -0.2) is 4.98 Å². The van der Waals surface area contributed by atoms with Gasteiger partial charge in [-0.2, -0.15) is 13.2 Å². The average Bonchev–Trinajstić information content (AvgIpc) is 3.10. The van der Waals surface area contributed by atoms with Crippen LogP contribution in [0.15, 0.2) is 70.5 Å². The molecular formula is C23H20F3N3OS. The summed E-state index contributed by atoms with van der Waals surface area (Å²) in [4.78, 5) is 21.3. The van der Waals surface area contributed by atoms with Crippen molar-refractivity contribution < 1.29 is 13.2 Å². The zero-order valence-corrected chi connectivity index (χ0v) is 17.9. The molecule has 0 unspecified atom stereocenters. The normalized spacial score (nSPS) is 12.5. The zero-order chi connectivity index (χ0) is 22.4. The van der Waals surface area contributed by atoms with E-state index in [1.165, 1.54) is 22.8 Å². The second kappa shape index (κ2) is 7.60. The highest BCUT2D eigenvalue weighted by Crippen LogP contribution is 2.34. The molecule has 0 bridgehead atoms. The van der Waals surface area contributed by atoms with Crippen LogP contribution in [0.4, 0.5) is 13.2 Å². The van der Waals surface area contributed by atoms with Crippen LogP contribution in [-0.4, -0.2) is 19.3 Å². The van der Waals surface area contributed by atoms with Crippen molar-refractivity contribution >= 4 is 22.8 Å². The maximum Gasteiger partial charge on any atom is 0.416 e. The highest BCUT2D eigenvalue weighted by molar-refractivity contribution is 8.00. The maximum absolute atomic E-state index is 12.8. The van der Waals surface area contributed by atoms with Crippen LogP contribution in [0.25, 0.3) is 28.1 Å². The predicted octanol–water partition coefficient (Wildman–Crippen LogP) is 6.29. The molecule has 4 aromatic rings. The van der Waals surface area contributed by atoms with Crippen molar-refractivity contribution in [1.82, 2.24) is 14.5 Å². The molecule has 2 heterocycles. The summed E-state index contributed by atoms with van der Waals surface area (Å²) in [5, 5.41) is 0. The fourth-order valence-corrected chi connectivity index (χ4v) is 4.20. The third-order valence-corrected chi connectivity index (χ3v) is 5.64. The molecule has 2 aromatic carbocycles. The Bertz CT molecular complexity index is 1300. The Morgan fingerprint density at radius 1 is 0.968 bits per heavy atom. The molecule has 4 rings (SSSR count). The van der Waals surface area contributed by atoms with Gasteiger partial charge in [-0.05, 0) is 48.5 Å². The number of alkyl halides is 3. The summed E-state index contributed by atoms with van der Waals surface area (Å²) in [5.74, 6) is 0.577. The van der Waals surface area contributed by atoms with Crippen LogP contribution in [0.5, 0.6) is 0 Å². The third kappa shape index (κ3) is 4.69. The van der Waals surface area contributed by atoms with Gasteiger partial charge in [0.2, 0.25) is 0 Å². The molecule has 2 aromatic heterocycles. The highest BCUT2D eigenvalue weighted by atomic mass is 32.2. The van der Waals surface area contributed by atoms with Crippen molar-refractivity contribution in [2.24, 2.45) is 0 Å². The topological polar surface area (TPSA) is 50.7 Å². The Morgan fingerprint density at radius 2 is 1.68 bits per heavy atom. The van der Waals surface area contributed by atoms with E-state index in [-0.39, 0.29) is 10.3 Å². The summed E-state index contributed by atoms with van der Waals surface area (Å²) in [7, 11) is 0. The molecule has 0 aliphatic heterocycles. The number of hydrogen-bond donors (Lipinski definition) is 1. The van der Waals surface area contributed by atoms with E-state index in [9.17, 15) is 18.0 Å². The van der Waals surface area contributed by atoms with Gasteiger partial charge in [0, 0.05) is 33.2 Å². The fourth-order valence-electron chi connectivity index (χ4n) is 3.18. The molecule has 0 amide bonds. The second-order valence-corrected chi connectivity index (χ2v) is 10.0. The molecule has 1 N–H and O–H groups in total. The molecule has 8 heteroatoms. The lowest BCUT2D eigenvalue weighted by molar-refractivity contribution is -0.137. The number of fused-ring (bicyclic) bond motifs is 1. The van der Waals surface area contributed by atoms with Crippen molar-refractivity contribution in [3.05, 3.63) is 76.7 Å². The van der Waals surface area contributed by atoms with E-state index >= 15 is 0 Å². The number of nitrogens with zero attached hydrogens (tertiary/aromatic N) is 2. The molecule has 31 heavy (non-hydrogen) atoms. The minimum absolute atomic E-state index is 0.0771. The Balaban J connectivity index is 1.71. The quantitative estimate of drug-likeness (QED) is 0.379. The predicted molar refractivity (Wildman–Crippen MR) is 118 cm³/mol. The number of aromatic nitrogens is 3. The lowest BCUT2D eigenvalue weighted by Crippen LogP contribution is -2.16. The molecule has 0 fully saturated rings. The van der Waals surface area contributed by atoms with Gasteiger partial charge in [0.15, 0.2) is 0 Å². The number of thioether (sulfide) groups is 1. The summed E-state index contributed by atoms with van der Waals surface area (Å²) in [6.45, 7) is 6.43. The van der Waals surface area contributed by atoms with E-state index in [4.69, 9.17) is 0 Å². The number of halogens is 3. The Kier molecular flexibility index (Phi) is 5.21. The first-order valence-corrected chi connectivity index (χ1v) is 10.4. The molecule has 0 aliphatic carbocycles. The smallest absolute Gasteiger partial charge is 0.338 e. The van der Waals surface area contributed by atoms with E-state index in [2.05, 4.69) is 30.7 Å². The molecule has 0 atom stereocenters. The molecular weight excluding hydrogens is 423 g/mol. The lowest BCUT2D eigenvalue weighted by Gasteiger charge is -2.17. The van der Waals surface area contributed by atoms with Gasteiger partial charge in [0.25, 0.3) is 5.56 Å². The number of rotatable bonds is 3. The van der Waals surface area contributed by atoms with E-state index in [0.29, 0.717) is 17.1 Å². The standard InChI is InChI=1S/C23H20F3N3OS/c1-22(2,3)31-17-9-10-18-19(12-17)28-21(27-18)14-4-11-20(30)29(13-14)16-7-5-15(6-8-16)23(24,25)26/h4-13H,1-3H3,(H,27,28). The number of benzene rings is 2. The Hall–Kier alpha value is -3.00. The van der Waals surface area contributed by atoms with Crippen LogP contribution in [0, 0.1) is 0 Å². The summed E-state index contributed by atoms with van der Waals surface area (Å²) in [6.07, 6.45) is -2.85. The third-order valence-electron chi connectivity index (χ3n) is 4.53. The molecule has 0 aliphatic rings. The minimum Gasteiger partial charge on any atom is -0.338 e. The van der Waals surface area contributed by atoms with E-state index < -0.39 is 11.7 Å². The number of H-pyrrole nitrogens is 1. The first kappa shape index (κ1) is 21.2. The van der Waals surface area contributed by atoms with E-state index in [1.807, 2.05) is 18.2 Å². The van der Waals surface area contributed by atoms with Crippen molar-refractivity contribution in [2.75, 3.05) is 0 Å². The van der Waals surface area contributed by atoms with Crippen molar-refractivity contribution in [3.63, 3.8) is 0 Å². The number of hydrogen-bond acceptors (Lipinski definition) is 3. The van der Waals surface area contributed by atoms with Gasteiger partial charge >= 0.3 is 6.18 Å². The first-order chi connectivity index (χ1) is 14.5. The van der Waals surface area contributed by atoms with Crippen LogP contribution in [0.1, 0.15) is 26.3 Å². The second-order valence-electron chi connectivity index (χ2n) is 8.15. The van der Waals surface area contributed by atoms with E-state index in [0.717, 1.165) is 28.1 Å². The number of imidazole rings is 1. The maximum atomic E-state index is 12.8. The number of nitrogens with one attached hydrogen (secondary N) is 1. The first-order valence-electron chi connectivity index (χ1n) is 9.59. The van der Waals surface area contributed by atoms with Gasteiger partial charge in [0.1, 0.15) is 5.82 Å². The monoisotopic (exact) mass is 443 g/mol. The van der Waals surface area contributed by atoms with Gasteiger partial charge in [-0.3, -0.25) is 9.36 Å². The van der Waals surface area contributed by atoms with Crippen LogP contribution in [-0.2, 0) is 6.18 Å². The SMILES string of the molecule is CC(C)(C)Sc1ccc2nc(-c3ccc(=O)n(-c4ccc(C(F)(F)F)cc4)c3)[nH]c2c1. The highest BCUT2D eigenvalue weighted by Gasteiger charge is 2.30. The molecule has 4 nitrogen and oxygen atoms in total. The van der Waals surface area contributed by atoms with Crippen LogP contribution < -0.4 is 5.56 Å². The van der Waals surface area contributed by atoms with Crippen molar-refractivity contribution in [1.29, 1.82) is 0 Å². The number of aromatic amines is 1. The minimum atomic E-state index is -4.43. The zero-order valence-electron chi connectivity index (χ0n) is 17.1. The van der Waals surface area contributed by atoms with Gasteiger partial charge in [-0.1, -0.05) is 20.8 Å². The van der Waals surface area contributed by atoms with Crippen LogP contribution >= 0.6 is 11.8 Å². The molecule has 0 spiro atoms. The Morgan fingerprint density at radius 3 is 2.32 bits per heavy atom. The summed E-state index contributed by atoms with van der Waals surface area (Å²) in [5.41, 5.74) is 1.56. The Labute approximate surface area is 181 Å². The lowest BCUT2D eigenvalue weighted by atomic mass is 10.2. The van der Waals surface area contributed by atoms with Crippen LogP contribution in [0.2, 0.25) is 0 Å². The summed E-state index contributed by atoms with van der Waals surface area (Å²) < 4.78 is 39.9. The summed E-state index contributed by atoms with van der Waals surface area (Å²) in [6, 6.07) is 13.5. The molecule has 0 saturated heterocycles.